The van der Waals surface area contributed by atoms with Crippen molar-refractivity contribution in [2.75, 3.05) is 0 Å². The molecule has 0 bridgehead atoms. The van der Waals surface area contributed by atoms with E-state index in [1.54, 1.807) is 48.5 Å². The largest absolute Gasteiger partial charge is 0.268 e. The smallest absolute Gasteiger partial charge is 0.241 e. The lowest BCUT2D eigenvalue weighted by molar-refractivity contribution is 0.589. The first-order valence-electron chi connectivity index (χ1n) is 5.77. The molecule has 20 heavy (non-hydrogen) atoms. The zero-order valence-electron chi connectivity index (χ0n) is 10.1. The van der Waals surface area contributed by atoms with Crippen LogP contribution in [0.25, 0.3) is 10.9 Å². The summed E-state index contributed by atoms with van der Waals surface area (Å²) in [4.78, 5) is 0.244. The number of benzene rings is 2. The van der Waals surface area contributed by atoms with Crippen molar-refractivity contribution in [2.24, 2.45) is 0 Å². The highest BCUT2D eigenvalue weighted by Gasteiger charge is 2.19. The van der Waals surface area contributed by atoms with Gasteiger partial charge in [-0.1, -0.05) is 45.7 Å². The van der Waals surface area contributed by atoms with Crippen LogP contribution in [0, 0.1) is 0 Å². The van der Waals surface area contributed by atoms with E-state index in [-0.39, 0.29) is 4.90 Å². The van der Waals surface area contributed by atoms with Gasteiger partial charge in [0.05, 0.1) is 15.4 Å². The molecule has 0 radical (unpaired) electrons. The van der Waals surface area contributed by atoms with Gasteiger partial charge in [0.1, 0.15) is 0 Å². The standard InChI is InChI=1S/C14H9BrClNO2S/c15-10-8-13(16)12-6-7-17(14(12)9-10)20(18,19)11-4-2-1-3-5-11/h1-9H. The minimum Gasteiger partial charge on any atom is -0.241 e. The normalized spacial score (nSPS) is 11.9. The molecule has 0 aliphatic carbocycles. The lowest BCUT2D eigenvalue weighted by Gasteiger charge is -2.08. The molecule has 6 heteroatoms. The average Bonchev–Trinajstić information content (AvgIpc) is 2.84. The van der Waals surface area contributed by atoms with Gasteiger partial charge in [0.15, 0.2) is 0 Å². The third kappa shape index (κ3) is 2.16. The van der Waals surface area contributed by atoms with Crippen molar-refractivity contribution in [1.29, 1.82) is 0 Å². The molecular formula is C14H9BrClNO2S. The Morgan fingerprint density at radius 2 is 1.75 bits per heavy atom. The first kappa shape index (κ1) is 13.7. The summed E-state index contributed by atoms with van der Waals surface area (Å²) >= 11 is 9.47. The van der Waals surface area contributed by atoms with E-state index in [1.165, 1.54) is 10.2 Å². The van der Waals surface area contributed by atoms with Crippen LogP contribution >= 0.6 is 27.5 Å². The third-order valence-corrected chi connectivity index (χ3v) is 5.46. The highest BCUT2D eigenvalue weighted by Crippen LogP contribution is 2.30. The predicted molar refractivity (Wildman–Crippen MR) is 83.7 cm³/mol. The van der Waals surface area contributed by atoms with Crippen molar-refractivity contribution in [2.45, 2.75) is 4.90 Å². The molecule has 3 aromatic rings. The molecule has 3 nitrogen and oxygen atoms in total. The molecular weight excluding hydrogens is 362 g/mol. The van der Waals surface area contributed by atoms with Crippen LogP contribution in [0.3, 0.4) is 0 Å². The molecule has 102 valence electrons. The Balaban J connectivity index is 2.31. The maximum Gasteiger partial charge on any atom is 0.268 e. The van der Waals surface area contributed by atoms with Gasteiger partial charge >= 0.3 is 0 Å². The second-order valence-corrected chi connectivity index (χ2v) is 7.39. The van der Waals surface area contributed by atoms with Crippen LogP contribution in [0.15, 0.2) is 64.1 Å². The van der Waals surface area contributed by atoms with Crippen LogP contribution in [0.2, 0.25) is 5.02 Å². The van der Waals surface area contributed by atoms with Crippen molar-refractivity contribution >= 4 is 48.5 Å². The quantitative estimate of drug-likeness (QED) is 0.675. The zero-order chi connectivity index (χ0) is 14.3. The molecule has 0 atom stereocenters. The fraction of sp³-hybridized carbons (Fsp3) is 0. The van der Waals surface area contributed by atoms with Gasteiger partial charge in [-0.05, 0) is 30.3 Å². The minimum absolute atomic E-state index is 0.244. The van der Waals surface area contributed by atoms with Crippen molar-refractivity contribution in [3.8, 4) is 0 Å². The van der Waals surface area contributed by atoms with Gasteiger partial charge in [-0.3, -0.25) is 0 Å². The molecule has 0 aliphatic heterocycles. The SMILES string of the molecule is O=S(=O)(c1ccccc1)n1ccc2c(Cl)cc(Br)cc21. The van der Waals surface area contributed by atoms with Crippen LogP contribution in [-0.2, 0) is 10.0 Å². The Morgan fingerprint density at radius 1 is 1.05 bits per heavy atom. The number of fused-ring (bicyclic) bond motifs is 1. The summed E-state index contributed by atoms with van der Waals surface area (Å²) in [5.74, 6) is 0. The number of halogens is 2. The summed E-state index contributed by atoms with van der Waals surface area (Å²) in [6, 6.07) is 13.5. The second-order valence-electron chi connectivity index (χ2n) is 4.25. The highest BCUT2D eigenvalue weighted by molar-refractivity contribution is 9.10. The van der Waals surface area contributed by atoms with Crippen LogP contribution in [0.4, 0.5) is 0 Å². The molecule has 0 aliphatic rings. The van der Waals surface area contributed by atoms with Crippen LogP contribution in [0.1, 0.15) is 0 Å². The molecule has 0 unspecified atom stereocenters. The fourth-order valence-electron chi connectivity index (χ4n) is 2.06. The predicted octanol–water partition coefficient (Wildman–Crippen LogP) is 4.29. The van der Waals surface area contributed by atoms with E-state index in [0.29, 0.717) is 15.9 Å². The first-order chi connectivity index (χ1) is 9.50. The van der Waals surface area contributed by atoms with Gasteiger partial charge in [0.2, 0.25) is 0 Å². The summed E-state index contributed by atoms with van der Waals surface area (Å²) in [5, 5.41) is 1.21. The van der Waals surface area contributed by atoms with E-state index in [9.17, 15) is 8.42 Å². The van der Waals surface area contributed by atoms with E-state index in [0.717, 1.165) is 4.47 Å². The minimum atomic E-state index is -3.62. The number of hydrogen-bond acceptors (Lipinski definition) is 2. The number of aromatic nitrogens is 1. The van der Waals surface area contributed by atoms with Gasteiger partial charge in [0.25, 0.3) is 10.0 Å². The molecule has 0 amide bonds. The van der Waals surface area contributed by atoms with E-state index in [2.05, 4.69) is 15.9 Å². The van der Waals surface area contributed by atoms with Crippen LogP contribution in [-0.4, -0.2) is 12.4 Å². The molecule has 0 saturated carbocycles. The number of hydrogen-bond donors (Lipinski definition) is 0. The summed E-state index contributed by atoms with van der Waals surface area (Å²) in [7, 11) is -3.62. The van der Waals surface area contributed by atoms with E-state index < -0.39 is 10.0 Å². The highest BCUT2D eigenvalue weighted by atomic mass is 79.9. The molecule has 1 heterocycles. The Hall–Kier alpha value is -1.30. The topological polar surface area (TPSA) is 39.1 Å². The van der Waals surface area contributed by atoms with Crippen molar-refractivity contribution in [3.05, 3.63) is 64.2 Å². The van der Waals surface area contributed by atoms with Gasteiger partial charge < -0.3 is 0 Å². The summed E-state index contributed by atoms with van der Waals surface area (Å²) in [6.07, 6.45) is 1.52. The zero-order valence-corrected chi connectivity index (χ0v) is 13.3. The molecule has 0 N–H and O–H groups in total. The maximum atomic E-state index is 12.6. The van der Waals surface area contributed by atoms with Gasteiger partial charge in [-0.25, -0.2) is 12.4 Å². The Morgan fingerprint density at radius 3 is 2.45 bits per heavy atom. The molecule has 3 rings (SSSR count). The van der Waals surface area contributed by atoms with Crippen molar-refractivity contribution < 1.29 is 8.42 Å². The number of nitrogens with zero attached hydrogens (tertiary/aromatic N) is 1. The summed E-state index contributed by atoms with van der Waals surface area (Å²) < 4.78 is 27.3. The van der Waals surface area contributed by atoms with Gasteiger partial charge in [-0.2, -0.15) is 0 Å². The summed E-state index contributed by atoms with van der Waals surface area (Å²) in [6.45, 7) is 0. The van der Waals surface area contributed by atoms with Crippen LogP contribution in [0.5, 0.6) is 0 Å². The fourth-order valence-corrected chi connectivity index (χ4v) is 4.27. The Labute approximate surface area is 130 Å². The molecule has 0 saturated heterocycles. The van der Waals surface area contributed by atoms with E-state index >= 15 is 0 Å². The average molecular weight is 371 g/mol. The Kier molecular flexibility index (Phi) is 3.36. The molecule has 0 fully saturated rings. The molecule has 1 aromatic heterocycles. The van der Waals surface area contributed by atoms with Gasteiger partial charge in [-0.15, -0.1) is 0 Å². The molecule has 0 spiro atoms. The lowest BCUT2D eigenvalue weighted by Crippen LogP contribution is -2.11. The first-order valence-corrected chi connectivity index (χ1v) is 8.38. The lowest BCUT2D eigenvalue weighted by atomic mass is 10.2. The van der Waals surface area contributed by atoms with Crippen LogP contribution < -0.4 is 0 Å². The summed E-state index contributed by atoms with van der Waals surface area (Å²) in [5.41, 5.74) is 0.549. The maximum absolute atomic E-state index is 12.6. The van der Waals surface area contributed by atoms with Gasteiger partial charge in [0, 0.05) is 16.1 Å². The monoisotopic (exact) mass is 369 g/mol. The number of rotatable bonds is 2. The van der Waals surface area contributed by atoms with Crippen molar-refractivity contribution in [3.63, 3.8) is 0 Å². The Bertz CT molecular complexity index is 888. The van der Waals surface area contributed by atoms with E-state index in [1.807, 2.05) is 0 Å². The van der Waals surface area contributed by atoms with E-state index in [4.69, 9.17) is 11.6 Å². The second kappa shape index (κ2) is 4.91. The van der Waals surface area contributed by atoms with Crippen molar-refractivity contribution in [1.82, 2.24) is 3.97 Å². The molecule has 2 aromatic carbocycles. The third-order valence-electron chi connectivity index (χ3n) is 2.99.